The molecule has 86 valence electrons. The zero-order valence-corrected chi connectivity index (χ0v) is 9.07. The van der Waals surface area contributed by atoms with Gasteiger partial charge in [-0.3, -0.25) is 4.79 Å². The van der Waals surface area contributed by atoms with E-state index in [0.29, 0.717) is 5.56 Å². The number of hydrogen-bond donors (Lipinski definition) is 2. The maximum absolute atomic E-state index is 13.1. The number of rotatable bonds is 2. The molecule has 2 atom stereocenters. The van der Waals surface area contributed by atoms with Gasteiger partial charge in [0.1, 0.15) is 0 Å². The summed E-state index contributed by atoms with van der Waals surface area (Å²) in [6, 6.07) is 4.22. The SMILES string of the molecule is CC1(C)[C@H](C(=O)O)[C@H]1c1cccc(F)c1O. The number of carbonyl (C=O) groups is 1. The number of carboxylic acids is 1. The van der Waals surface area contributed by atoms with Gasteiger partial charge in [0.25, 0.3) is 0 Å². The van der Waals surface area contributed by atoms with Gasteiger partial charge in [0, 0.05) is 11.5 Å². The van der Waals surface area contributed by atoms with E-state index in [-0.39, 0.29) is 5.92 Å². The highest BCUT2D eigenvalue weighted by Gasteiger charge is 2.63. The average molecular weight is 224 g/mol. The van der Waals surface area contributed by atoms with Gasteiger partial charge in [0.2, 0.25) is 0 Å². The molecule has 1 fully saturated rings. The van der Waals surface area contributed by atoms with Gasteiger partial charge in [-0.25, -0.2) is 4.39 Å². The number of aromatic hydroxyl groups is 1. The number of para-hydroxylation sites is 1. The lowest BCUT2D eigenvalue weighted by Gasteiger charge is -2.05. The second-order valence-electron chi connectivity index (χ2n) is 4.79. The molecule has 0 aromatic heterocycles. The first kappa shape index (κ1) is 10.9. The number of phenols is 1. The van der Waals surface area contributed by atoms with Crippen molar-refractivity contribution in [1.82, 2.24) is 0 Å². The van der Waals surface area contributed by atoms with Gasteiger partial charge in [0.15, 0.2) is 11.6 Å². The lowest BCUT2D eigenvalue weighted by Crippen LogP contribution is -2.03. The quantitative estimate of drug-likeness (QED) is 0.810. The molecule has 1 aromatic carbocycles. The molecule has 0 unspecified atom stereocenters. The summed E-state index contributed by atoms with van der Waals surface area (Å²) in [6.45, 7) is 3.61. The van der Waals surface area contributed by atoms with E-state index in [4.69, 9.17) is 5.11 Å². The Bertz CT molecular complexity index is 454. The molecule has 0 aliphatic heterocycles. The summed E-state index contributed by atoms with van der Waals surface area (Å²) in [6.07, 6.45) is 0. The Hall–Kier alpha value is -1.58. The molecule has 0 amide bonds. The van der Waals surface area contributed by atoms with Gasteiger partial charge in [0.05, 0.1) is 5.92 Å². The van der Waals surface area contributed by atoms with E-state index in [1.54, 1.807) is 19.9 Å². The van der Waals surface area contributed by atoms with Gasteiger partial charge in [-0.1, -0.05) is 26.0 Å². The molecule has 2 N–H and O–H groups in total. The highest BCUT2D eigenvalue weighted by Crippen LogP contribution is 2.65. The molecule has 0 bridgehead atoms. The van der Waals surface area contributed by atoms with Gasteiger partial charge >= 0.3 is 5.97 Å². The molecule has 2 rings (SSSR count). The Morgan fingerprint density at radius 3 is 2.56 bits per heavy atom. The predicted octanol–water partition coefficient (Wildman–Crippen LogP) is 2.36. The predicted molar refractivity (Wildman–Crippen MR) is 55.7 cm³/mol. The number of carboxylic acid groups (broad SMARTS) is 1. The van der Waals surface area contributed by atoms with Crippen LogP contribution in [0.4, 0.5) is 4.39 Å². The van der Waals surface area contributed by atoms with Crippen LogP contribution in [-0.2, 0) is 4.79 Å². The molecular weight excluding hydrogens is 211 g/mol. The van der Waals surface area contributed by atoms with Crippen LogP contribution in [0.1, 0.15) is 25.3 Å². The van der Waals surface area contributed by atoms with Gasteiger partial charge in [-0.15, -0.1) is 0 Å². The molecule has 3 nitrogen and oxygen atoms in total. The average Bonchev–Trinajstić information content (AvgIpc) is 2.74. The molecule has 1 aliphatic rings. The normalized spacial score (nSPS) is 26.4. The van der Waals surface area contributed by atoms with Crippen LogP contribution in [0.3, 0.4) is 0 Å². The summed E-state index contributed by atoms with van der Waals surface area (Å²) in [5.41, 5.74) is -0.0469. The fraction of sp³-hybridized carbons (Fsp3) is 0.417. The molecule has 0 radical (unpaired) electrons. The molecule has 1 aromatic rings. The van der Waals surface area contributed by atoms with Crippen LogP contribution in [0.15, 0.2) is 18.2 Å². The summed E-state index contributed by atoms with van der Waals surface area (Å²) in [5, 5.41) is 18.6. The van der Waals surface area contributed by atoms with Crippen LogP contribution in [0, 0.1) is 17.2 Å². The van der Waals surface area contributed by atoms with Crippen molar-refractivity contribution in [2.75, 3.05) is 0 Å². The lowest BCUT2D eigenvalue weighted by molar-refractivity contribution is -0.139. The number of aliphatic carboxylic acids is 1. The Morgan fingerprint density at radius 1 is 1.44 bits per heavy atom. The molecule has 1 saturated carbocycles. The van der Waals surface area contributed by atoms with Gasteiger partial charge in [-0.2, -0.15) is 0 Å². The van der Waals surface area contributed by atoms with Crippen LogP contribution in [0.5, 0.6) is 5.75 Å². The molecule has 1 aliphatic carbocycles. The molecule has 0 saturated heterocycles. The van der Waals surface area contributed by atoms with Crippen LogP contribution in [-0.4, -0.2) is 16.2 Å². The van der Waals surface area contributed by atoms with Crippen LogP contribution < -0.4 is 0 Å². The first-order valence-electron chi connectivity index (χ1n) is 5.07. The van der Waals surface area contributed by atoms with E-state index in [1.807, 2.05) is 0 Å². The lowest BCUT2D eigenvalue weighted by atomic mass is 10.0. The smallest absolute Gasteiger partial charge is 0.307 e. The van der Waals surface area contributed by atoms with E-state index in [0.717, 1.165) is 6.07 Å². The molecule has 0 spiro atoms. The minimum atomic E-state index is -0.904. The Kier molecular flexibility index (Phi) is 2.19. The third-order valence-electron chi connectivity index (χ3n) is 3.45. The summed E-state index contributed by atoms with van der Waals surface area (Å²) in [7, 11) is 0. The first-order valence-corrected chi connectivity index (χ1v) is 5.07. The number of phenolic OH excluding ortho intramolecular Hbond substituents is 1. The monoisotopic (exact) mass is 224 g/mol. The second kappa shape index (κ2) is 3.20. The molecule has 0 heterocycles. The van der Waals surface area contributed by atoms with E-state index >= 15 is 0 Å². The van der Waals surface area contributed by atoms with E-state index < -0.39 is 28.9 Å². The van der Waals surface area contributed by atoms with Crippen LogP contribution in [0.2, 0.25) is 0 Å². The van der Waals surface area contributed by atoms with Crippen molar-refractivity contribution in [1.29, 1.82) is 0 Å². The maximum atomic E-state index is 13.1. The van der Waals surface area contributed by atoms with Crippen molar-refractivity contribution in [2.45, 2.75) is 19.8 Å². The molecule has 4 heteroatoms. The van der Waals surface area contributed by atoms with Gasteiger partial charge in [-0.05, 0) is 11.5 Å². The fourth-order valence-electron chi connectivity index (χ4n) is 2.46. The van der Waals surface area contributed by atoms with Gasteiger partial charge < -0.3 is 10.2 Å². The number of hydrogen-bond acceptors (Lipinski definition) is 2. The summed E-state index contributed by atoms with van der Waals surface area (Å²) in [5.74, 6) is -2.91. The Labute approximate surface area is 92.5 Å². The zero-order valence-electron chi connectivity index (χ0n) is 9.07. The Balaban J connectivity index is 2.41. The van der Waals surface area contributed by atoms with Crippen LogP contribution in [0.25, 0.3) is 0 Å². The molecule has 16 heavy (non-hydrogen) atoms. The number of benzene rings is 1. The van der Waals surface area contributed by atoms with Crippen molar-refractivity contribution in [3.05, 3.63) is 29.6 Å². The van der Waals surface area contributed by atoms with E-state index in [9.17, 15) is 14.3 Å². The van der Waals surface area contributed by atoms with Crippen molar-refractivity contribution >= 4 is 5.97 Å². The first-order chi connectivity index (χ1) is 7.37. The van der Waals surface area contributed by atoms with Crippen molar-refractivity contribution in [3.63, 3.8) is 0 Å². The third-order valence-corrected chi connectivity index (χ3v) is 3.45. The zero-order chi connectivity index (χ0) is 12.1. The second-order valence-corrected chi connectivity index (χ2v) is 4.79. The summed E-state index contributed by atoms with van der Waals surface area (Å²) < 4.78 is 13.1. The summed E-state index contributed by atoms with van der Waals surface area (Å²) in [4.78, 5) is 11.0. The Morgan fingerprint density at radius 2 is 2.06 bits per heavy atom. The highest BCUT2D eigenvalue weighted by molar-refractivity contribution is 5.78. The molecular formula is C12H13FO3. The van der Waals surface area contributed by atoms with Crippen molar-refractivity contribution in [2.24, 2.45) is 11.3 Å². The minimum Gasteiger partial charge on any atom is -0.505 e. The van der Waals surface area contributed by atoms with E-state index in [1.165, 1.54) is 6.07 Å². The van der Waals surface area contributed by atoms with Crippen molar-refractivity contribution < 1.29 is 19.4 Å². The third kappa shape index (κ3) is 1.37. The fourth-order valence-corrected chi connectivity index (χ4v) is 2.46. The summed E-state index contributed by atoms with van der Waals surface area (Å²) >= 11 is 0. The largest absolute Gasteiger partial charge is 0.505 e. The standard InChI is InChI=1S/C12H13FO3/c1-12(2)8(9(12)11(15)16)6-4-3-5-7(13)10(6)14/h3-5,8-9,14H,1-2H3,(H,15,16)/t8-,9+/m1/s1. The van der Waals surface area contributed by atoms with Crippen molar-refractivity contribution in [3.8, 4) is 5.75 Å². The van der Waals surface area contributed by atoms with E-state index in [2.05, 4.69) is 0 Å². The highest BCUT2D eigenvalue weighted by atomic mass is 19.1. The van der Waals surface area contributed by atoms with Crippen LogP contribution >= 0.6 is 0 Å². The topological polar surface area (TPSA) is 57.5 Å². The number of halogens is 1. The maximum Gasteiger partial charge on any atom is 0.307 e. The minimum absolute atomic E-state index is 0.319.